The van der Waals surface area contributed by atoms with Gasteiger partial charge in [0.2, 0.25) is 0 Å². The minimum atomic E-state index is -4.25. The van der Waals surface area contributed by atoms with Crippen molar-refractivity contribution in [1.29, 1.82) is 0 Å². The molecule has 0 aliphatic heterocycles. The number of aliphatic hydroxyl groups excluding tert-OH is 1. The van der Waals surface area contributed by atoms with E-state index < -0.39 is 7.82 Å². The summed E-state index contributed by atoms with van der Waals surface area (Å²) in [5.74, 6) is 0. The number of hydrogen-bond donors (Lipinski definition) is 3. The molecular formula is C8H21NO5P+. The van der Waals surface area contributed by atoms with Gasteiger partial charge in [0.15, 0.2) is 0 Å². The van der Waals surface area contributed by atoms with Gasteiger partial charge in [-0.3, -0.25) is 4.52 Å². The second-order valence-electron chi connectivity index (χ2n) is 3.81. The quantitative estimate of drug-likeness (QED) is 0.358. The summed E-state index contributed by atoms with van der Waals surface area (Å²) in [6, 6.07) is 0. The third-order valence-corrected chi connectivity index (χ3v) is 1.62. The average molecular weight is 242 g/mol. The van der Waals surface area contributed by atoms with Crippen molar-refractivity contribution >= 4 is 7.82 Å². The van der Waals surface area contributed by atoms with E-state index in [9.17, 15) is 4.57 Å². The number of rotatable bonds is 5. The summed E-state index contributed by atoms with van der Waals surface area (Å²) in [6.45, 7) is 4.19. The van der Waals surface area contributed by atoms with Gasteiger partial charge in [0.25, 0.3) is 0 Å². The van der Waals surface area contributed by atoms with E-state index in [1.165, 1.54) is 6.08 Å². The molecule has 0 amide bonds. The Kier molecular flexibility index (Phi) is 9.14. The van der Waals surface area contributed by atoms with Gasteiger partial charge in [-0.15, -0.1) is 6.58 Å². The van der Waals surface area contributed by atoms with Crippen molar-refractivity contribution in [2.75, 3.05) is 40.9 Å². The Morgan fingerprint density at radius 1 is 1.40 bits per heavy atom. The minimum Gasteiger partial charge on any atom is -0.391 e. The topological polar surface area (TPSA) is 87.0 Å². The van der Waals surface area contributed by atoms with E-state index in [0.29, 0.717) is 0 Å². The molecule has 6 nitrogen and oxygen atoms in total. The van der Waals surface area contributed by atoms with Crippen LogP contribution in [0.25, 0.3) is 0 Å². The highest BCUT2D eigenvalue weighted by molar-refractivity contribution is 7.46. The monoisotopic (exact) mass is 242 g/mol. The Hall–Kier alpha value is -0.230. The lowest BCUT2D eigenvalue weighted by molar-refractivity contribution is -0.870. The maximum Gasteiger partial charge on any atom is 0.469 e. The third kappa shape index (κ3) is 24.8. The number of phosphoric acid groups is 1. The Labute approximate surface area is 90.6 Å². The molecule has 92 valence electrons. The molecule has 0 radical (unpaired) electrons. The van der Waals surface area contributed by atoms with Crippen molar-refractivity contribution < 1.29 is 28.5 Å². The molecular weight excluding hydrogens is 221 g/mol. The first-order valence-corrected chi connectivity index (χ1v) is 5.87. The van der Waals surface area contributed by atoms with Crippen LogP contribution in [-0.4, -0.2) is 60.3 Å². The Morgan fingerprint density at radius 2 is 1.87 bits per heavy atom. The molecule has 7 heteroatoms. The first kappa shape index (κ1) is 17.2. The largest absolute Gasteiger partial charge is 0.469 e. The van der Waals surface area contributed by atoms with Crippen LogP contribution in [0.3, 0.4) is 0 Å². The molecule has 0 saturated heterocycles. The highest BCUT2D eigenvalue weighted by atomic mass is 31.2. The molecule has 0 atom stereocenters. The first-order chi connectivity index (χ1) is 6.62. The summed E-state index contributed by atoms with van der Waals surface area (Å²) in [6.07, 6.45) is 1.26. The van der Waals surface area contributed by atoms with E-state index in [1.54, 1.807) is 0 Å². The van der Waals surface area contributed by atoms with Crippen LogP contribution in [-0.2, 0) is 9.09 Å². The van der Waals surface area contributed by atoms with Crippen LogP contribution in [0.1, 0.15) is 0 Å². The van der Waals surface area contributed by atoms with Crippen LogP contribution in [0.15, 0.2) is 12.7 Å². The molecule has 0 spiro atoms. The average Bonchev–Trinajstić information content (AvgIpc) is 1.98. The lowest BCUT2D eigenvalue weighted by atomic mass is 10.5. The van der Waals surface area contributed by atoms with Gasteiger partial charge in [0.1, 0.15) is 6.54 Å². The summed E-state index contributed by atoms with van der Waals surface area (Å²) >= 11 is 0. The molecule has 0 aromatic rings. The Balaban J connectivity index is 0. The van der Waals surface area contributed by atoms with Crippen molar-refractivity contribution in [2.45, 2.75) is 0 Å². The number of aliphatic hydroxyl groups is 1. The normalized spacial score (nSPS) is 11.6. The van der Waals surface area contributed by atoms with Crippen LogP contribution < -0.4 is 0 Å². The molecule has 0 aromatic carbocycles. The van der Waals surface area contributed by atoms with Crippen molar-refractivity contribution in [1.82, 2.24) is 0 Å². The SMILES string of the molecule is C=CCOP(=O)(O)O.C[N+](C)(C)CCO. The highest BCUT2D eigenvalue weighted by Gasteiger charge is 2.10. The van der Waals surface area contributed by atoms with Gasteiger partial charge in [0.05, 0.1) is 34.4 Å². The van der Waals surface area contributed by atoms with E-state index in [4.69, 9.17) is 14.9 Å². The molecule has 0 fully saturated rings. The van der Waals surface area contributed by atoms with Gasteiger partial charge >= 0.3 is 7.82 Å². The van der Waals surface area contributed by atoms with Crippen LogP contribution in [0.2, 0.25) is 0 Å². The second kappa shape index (κ2) is 7.98. The van der Waals surface area contributed by atoms with E-state index >= 15 is 0 Å². The molecule has 3 N–H and O–H groups in total. The van der Waals surface area contributed by atoms with Crippen LogP contribution in [0, 0.1) is 0 Å². The zero-order chi connectivity index (χ0) is 12.5. The molecule has 0 aliphatic rings. The standard InChI is InChI=1S/C5H14NO.C3H7O4P/c1-6(2,3)4-5-7;1-2-3-7-8(4,5)6/h7H,4-5H2,1-3H3;2H,1,3H2,(H2,4,5,6)/q+1;. The number of nitrogens with zero attached hydrogens (tertiary/aromatic N) is 1. The molecule has 0 rings (SSSR count). The van der Waals surface area contributed by atoms with Gasteiger partial charge in [-0.05, 0) is 0 Å². The Bertz CT molecular complexity index is 208. The Morgan fingerprint density at radius 3 is 1.93 bits per heavy atom. The van der Waals surface area contributed by atoms with Gasteiger partial charge in [0, 0.05) is 0 Å². The van der Waals surface area contributed by atoms with Gasteiger partial charge < -0.3 is 19.4 Å². The molecule has 0 bridgehead atoms. The van der Waals surface area contributed by atoms with Gasteiger partial charge in [-0.2, -0.15) is 0 Å². The lowest BCUT2D eigenvalue weighted by Crippen LogP contribution is -2.36. The fraction of sp³-hybridized carbons (Fsp3) is 0.750. The number of likely N-dealkylation sites (N-methyl/N-ethyl adjacent to an activating group) is 1. The predicted octanol–water partition coefficient (Wildman–Crippen LogP) is -0.0334. The van der Waals surface area contributed by atoms with Crippen molar-refractivity contribution in [3.05, 3.63) is 12.7 Å². The fourth-order valence-electron chi connectivity index (χ4n) is 0.450. The fourth-order valence-corrected chi connectivity index (χ4v) is 0.749. The maximum absolute atomic E-state index is 9.81. The maximum atomic E-state index is 9.81. The molecule has 0 aliphatic carbocycles. The van der Waals surface area contributed by atoms with E-state index in [2.05, 4.69) is 32.2 Å². The van der Waals surface area contributed by atoms with Crippen molar-refractivity contribution in [2.24, 2.45) is 0 Å². The summed E-state index contributed by atoms with van der Waals surface area (Å²) in [4.78, 5) is 16.0. The molecule has 15 heavy (non-hydrogen) atoms. The minimum absolute atomic E-state index is 0.121. The highest BCUT2D eigenvalue weighted by Crippen LogP contribution is 2.35. The van der Waals surface area contributed by atoms with Crippen LogP contribution in [0.4, 0.5) is 0 Å². The van der Waals surface area contributed by atoms with Crippen molar-refractivity contribution in [3.8, 4) is 0 Å². The van der Waals surface area contributed by atoms with Crippen molar-refractivity contribution in [3.63, 3.8) is 0 Å². The summed E-state index contributed by atoms with van der Waals surface area (Å²) in [7, 11) is 1.90. The van der Waals surface area contributed by atoms with E-state index in [0.717, 1.165) is 11.0 Å². The third-order valence-electron chi connectivity index (χ3n) is 1.13. The summed E-state index contributed by atoms with van der Waals surface area (Å²) in [5.41, 5.74) is 0. The summed E-state index contributed by atoms with van der Waals surface area (Å²) < 4.78 is 14.6. The number of hydrogen-bond acceptors (Lipinski definition) is 3. The number of quaternary nitrogens is 1. The van der Waals surface area contributed by atoms with Crippen LogP contribution >= 0.6 is 7.82 Å². The smallest absolute Gasteiger partial charge is 0.391 e. The molecule has 0 unspecified atom stereocenters. The zero-order valence-corrected chi connectivity index (χ0v) is 10.4. The number of phosphoric ester groups is 1. The van der Waals surface area contributed by atoms with E-state index in [-0.39, 0.29) is 13.2 Å². The second-order valence-corrected chi connectivity index (χ2v) is 5.05. The van der Waals surface area contributed by atoms with E-state index in [1.807, 2.05) is 0 Å². The first-order valence-electron chi connectivity index (χ1n) is 4.34. The van der Waals surface area contributed by atoms with Gasteiger partial charge in [-0.1, -0.05) is 6.08 Å². The lowest BCUT2D eigenvalue weighted by Gasteiger charge is -2.21. The molecule has 0 heterocycles. The summed E-state index contributed by atoms with van der Waals surface area (Å²) in [5, 5.41) is 8.39. The van der Waals surface area contributed by atoms with Gasteiger partial charge in [-0.25, -0.2) is 4.57 Å². The predicted molar refractivity (Wildman–Crippen MR) is 58.2 cm³/mol. The van der Waals surface area contributed by atoms with Crippen LogP contribution in [0.5, 0.6) is 0 Å². The molecule has 0 saturated carbocycles. The zero-order valence-electron chi connectivity index (χ0n) is 9.46. The molecule has 0 aromatic heterocycles.